The molecule has 128 valence electrons. The Labute approximate surface area is 133 Å². The standard InChI is InChI=1S/C7H6O2.C6H10O4.C2H4O2/c8-7(9)6-4-2-1-3-5-6;7-5(8)3-1-2-4-6(9)10;1-2(3)4/h1-5H,(H,8,9);1-4H2,(H,7,8)(H,9,10);1H3,(H,3,4). The molecule has 0 aliphatic heterocycles. The van der Waals surface area contributed by atoms with Gasteiger partial charge < -0.3 is 20.4 Å². The Hall–Kier alpha value is -2.90. The van der Waals surface area contributed by atoms with Crippen LogP contribution in [0.5, 0.6) is 0 Å². The molecule has 1 aromatic carbocycles. The lowest BCUT2D eigenvalue weighted by molar-refractivity contribution is -0.139. The van der Waals surface area contributed by atoms with Gasteiger partial charge in [0.15, 0.2) is 0 Å². The zero-order valence-corrected chi connectivity index (χ0v) is 12.6. The van der Waals surface area contributed by atoms with Gasteiger partial charge in [0, 0.05) is 19.8 Å². The second kappa shape index (κ2) is 14.1. The highest BCUT2D eigenvalue weighted by atomic mass is 16.4. The van der Waals surface area contributed by atoms with Crippen molar-refractivity contribution in [3.8, 4) is 0 Å². The number of hydrogen-bond donors (Lipinski definition) is 4. The molecular formula is C15H20O8. The lowest BCUT2D eigenvalue weighted by Crippen LogP contribution is -1.97. The maximum Gasteiger partial charge on any atom is 0.335 e. The van der Waals surface area contributed by atoms with Crippen LogP contribution in [0.2, 0.25) is 0 Å². The molecule has 0 spiro atoms. The first kappa shape index (κ1) is 22.4. The molecule has 8 nitrogen and oxygen atoms in total. The summed E-state index contributed by atoms with van der Waals surface area (Å²) in [7, 11) is 0. The molecule has 1 aromatic rings. The van der Waals surface area contributed by atoms with Crippen LogP contribution in [0.1, 0.15) is 43.0 Å². The summed E-state index contributed by atoms with van der Waals surface area (Å²) in [6.07, 6.45) is 1.02. The van der Waals surface area contributed by atoms with Gasteiger partial charge in [-0.25, -0.2) is 4.79 Å². The number of carboxylic acids is 4. The molecule has 0 aromatic heterocycles. The predicted octanol–water partition coefficient (Wildman–Crippen LogP) is 2.19. The third kappa shape index (κ3) is 21.5. The summed E-state index contributed by atoms with van der Waals surface area (Å²) >= 11 is 0. The number of aromatic carboxylic acids is 1. The van der Waals surface area contributed by atoms with Crippen LogP contribution in [0, 0.1) is 0 Å². The maximum atomic E-state index is 10.2. The normalized spacial score (nSPS) is 8.57. The molecular weight excluding hydrogens is 308 g/mol. The van der Waals surface area contributed by atoms with Gasteiger partial charge in [-0.2, -0.15) is 0 Å². The van der Waals surface area contributed by atoms with Crippen molar-refractivity contribution in [3.63, 3.8) is 0 Å². The first-order valence-corrected chi connectivity index (χ1v) is 6.58. The molecule has 0 bridgehead atoms. The maximum absolute atomic E-state index is 10.2. The summed E-state index contributed by atoms with van der Waals surface area (Å²) in [6, 6.07) is 8.30. The van der Waals surface area contributed by atoms with E-state index in [-0.39, 0.29) is 12.8 Å². The number of carboxylic acid groups (broad SMARTS) is 4. The van der Waals surface area contributed by atoms with Crippen molar-refractivity contribution < 1.29 is 39.6 Å². The largest absolute Gasteiger partial charge is 0.481 e. The Balaban J connectivity index is 0. The molecule has 8 heteroatoms. The van der Waals surface area contributed by atoms with Crippen molar-refractivity contribution in [1.82, 2.24) is 0 Å². The quantitative estimate of drug-likeness (QED) is 0.580. The van der Waals surface area contributed by atoms with E-state index in [0.29, 0.717) is 18.4 Å². The predicted molar refractivity (Wildman–Crippen MR) is 80.5 cm³/mol. The molecule has 0 unspecified atom stereocenters. The highest BCUT2D eigenvalue weighted by Gasteiger charge is 1.99. The fraction of sp³-hybridized carbons (Fsp3) is 0.333. The third-order valence-corrected chi connectivity index (χ3v) is 2.05. The first-order valence-electron chi connectivity index (χ1n) is 6.58. The number of rotatable bonds is 6. The number of carbonyl (C=O) groups is 4. The van der Waals surface area contributed by atoms with E-state index >= 15 is 0 Å². The minimum Gasteiger partial charge on any atom is -0.481 e. The van der Waals surface area contributed by atoms with Gasteiger partial charge in [-0.3, -0.25) is 14.4 Å². The van der Waals surface area contributed by atoms with E-state index in [9.17, 15) is 14.4 Å². The Morgan fingerprint density at radius 2 is 1.13 bits per heavy atom. The number of hydrogen-bond acceptors (Lipinski definition) is 4. The molecule has 0 saturated carbocycles. The van der Waals surface area contributed by atoms with E-state index in [0.717, 1.165) is 6.92 Å². The van der Waals surface area contributed by atoms with Crippen LogP contribution >= 0.6 is 0 Å². The van der Waals surface area contributed by atoms with Crippen molar-refractivity contribution in [3.05, 3.63) is 35.9 Å². The van der Waals surface area contributed by atoms with Crippen LogP contribution in [0.4, 0.5) is 0 Å². The molecule has 0 atom stereocenters. The molecule has 0 aliphatic rings. The van der Waals surface area contributed by atoms with Crippen molar-refractivity contribution in [2.75, 3.05) is 0 Å². The smallest absolute Gasteiger partial charge is 0.335 e. The topological polar surface area (TPSA) is 149 Å². The summed E-state index contributed by atoms with van der Waals surface area (Å²) in [5.74, 6) is -3.45. The van der Waals surface area contributed by atoms with Crippen LogP contribution < -0.4 is 0 Å². The van der Waals surface area contributed by atoms with Gasteiger partial charge in [-0.1, -0.05) is 18.2 Å². The molecule has 1 rings (SSSR count). The van der Waals surface area contributed by atoms with Gasteiger partial charge >= 0.3 is 17.9 Å². The van der Waals surface area contributed by atoms with Crippen LogP contribution in [0.15, 0.2) is 30.3 Å². The van der Waals surface area contributed by atoms with Crippen LogP contribution in [-0.2, 0) is 14.4 Å². The highest BCUT2D eigenvalue weighted by Crippen LogP contribution is 1.98. The van der Waals surface area contributed by atoms with Crippen LogP contribution in [0.25, 0.3) is 0 Å². The Bertz CT molecular complexity index is 475. The highest BCUT2D eigenvalue weighted by molar-refractivity contribution is 5.87. The zero-order valence-electron chi connectivity index (χ0n) is 12.6. The second-order valence-corrected chi connectivity index (χ2v) is 4.18. The fourth-order valence-corrected chi connectivity index (χ4v) is 1.13. The van der Waals surface area contributed by atoms with E-state index in [1.165, 1.54) is 0 Å². The van der Waals surface area contributed by atoms with Crippen molar-refractivity contribution in [2.24, 2.45) is 0 Å². The molecule has 0 amide bonds. The fourth-order valence-electron chi connectivity index (χ4n) is 1.13. The molecule has 4 N–H and O–H groups in total. The molecule has 23 heavy (non-hydrogen) atoms. The first-order chi connectivity index (χ1) is 10.7. The summed E-state index contributed by atoms with van der Waals surface area (Å²) in [5, 5.41) is 32.1. The van der Waals surface area contributed by atoms with Gasteiger partial charge in [-0.05, 0) is 25.0 Å². The van der Waals surface area contributed by atoms with Gasteiger partial charge in [0.2, 0.25) is 0 Å². The summed E-state index contributed by atoms with van der Waals surface area (Å²) < 4.78 is 0. The van der Waals surface area contributed by atoms with E-state index in [4.69, 9.17) is 25.2 Å². The van der Waals surface area contributed by atoms with E-state index in [1.807, 2.05) is 0 Å². The molecule has 0 radical (unpaired) electrons. The van der Waals surface area contributed by atoms with E-state index in [1.54, 1.807) is 30.3 Å². The van der Waals surface area contributed by atoms with E-state index < -0.39 is 23.9 Å². The SMILES string of the molecule is CC(=O)O.O=C(O)CCCCC(=O)O.O=C(O)c1ccccc1. The van der Waals surface area contributed by atoms with Gasteiger partial charge in [0.05, 0.1) is 5.56 Å². The summed E-state index contributed by atoms with van der Waals surface area (Å²) in [6.45, 7) is 1.08. The van der Waals surface area contributed by atoms with Gasteiger partial charge in [-0.15, -0.1) is 0 Å². The average molecular weight is 328 g/mol. The van der Waals surface area contributed by atoms with Crippen molar-refractivity contribution in [1.29, 1.82) is 0 Å². The van der Waals surface area contributed by atoms with Gasteiger partial charge in [0.1, 0.15) is 0 Å². The molecule has 0 heterocycles. The van der Waals surface area contributed by atoms with Crippen LogP contribution in [-0.4, -0.2) is 44.3 Å². The Morgan fingerprint density at radius 3 is 1.35 bits per heavy atom. The number of benzene rings is 1. The monoisotopic (exact) mass is 328 g/mol. The Morgan fingerprint density at radius 1 is 0.783 bits per heavy atom. The Kier molecular flexibility index (Phi) is 13.7. The molecule has 0 fully saturated rings. The number of aliphatic carboxylic acids is 3. The lowest BCUT2D eigenvalue weighted by Gasteiger charge is -1.92. The minimum absolute atomic E-state index is 0.0628. The minimum atomic E-state index is -0.879. The van der Waals surface area contributed by atoms with Crippen molar-refractivity contribution in [2.45, 2.75) is 32.6 Å². The average Bonchev–Trinajstić information content (AvgIpc) is 2.44. The van der Waals surface area contributed by atoms with Gasteiger partial charge in [0.25, 0.3) is 5.97 Å². The van der Waals surface area contributed by atoms with Crippen molar-refractivity contribution >= 4 is 23.9 Å². The molecule has 0 saturated heterocycles. The number of unbranched alkanes of at least 4 members (excludes halogenated alkanes) is 1. The van der Waals surface area contributed by atoms with E-state index in [2.05, 4.69) is 0 Å². The zero-order chi connectivity index (χ0) is 18.3. The summed E-state index contributed by atoms with van der Waals surface area (Å²) in [5.41, 5.74) is 0.331. The lowest BCUT2D eigenvalue weighted by atomic mass is 10.2. The summed E-state index contributed by atoms with van der Waals surface area (Å²) in [4.78, 5) is 39.0. The third-order valence-electron chi connectivity index (χ3n) is 2.05. The second-order valence-electron chi connectivity index (χ2n) is 4.18. The van der Waals surface area contributed by atoms with Crippen LogP contribution in [0.3, 0.4) is 0 Å². The molecule has 0 aliphatic carbocycles.